The maximum Gasteiger partial charge on any atom is 0.256 e. The zero-order valence-electron chi connectivity index (χ0n) is 14.7. The van der Waals surface area contributed by atoms with Crippen molar-refractivity contribution in [3.8, 4) is 5.69 Å². The molecule has 5 heteroatoms. The first kappa shape index (κ1) is 16.7. The standard InChI is InChI=1S/C19H26N4O/c1-13-6-7-17(23-12-14(2)11-21-23)16(9-13)19(24)22-8-4-5-15(3)18(22)10-20/h6-7,9,11-12,15,18H,4-5,8,10,20H2,1-3H3/t15-,18?/m1/s1. The van der Waals surface area contributed by atoms with E-state index in [1.165, 1.54) is 0 Å². The lowest BCUT2D eigenvalue weighted by Gasteiger charge is -2.39. The fourth-order valence-electron chi connectivity index (χ4n) is 3.58. The number of aryl methyl sites for hydroxylation is 2. The lowest BCUT2D eigenvalue weighted by Crippen LogP contribution is -2.51. The van der Waals surface area contributed by atoms with Gasteiger partial charge in [-0.3, -0.25) is 4.79 Å². The van der Waals surface area contributed by atoms with E-state index >= 15 is 0 Å². The molecular weight excluding hydrogens is 300 g/mol. The smallest absolute Gasteiger partial charge is 0.256 e. The third-order valence-electron chi connectivity index (χ3n) is 4.96. The van der Waals surface area contributed by atoms with Crippen molar-refractivity contribution >= 4 is 5.91 Å². The molecule has 3 rings (SSSR count). The molecular formula is C19H26N4O. The van der Waals surface area contributed by atoms with Gasteiger partial charge in [0.1, 0.15) is 0 Å². The van der Waals surface area contributed by atoms with Gasteiger partial charge < -0.3 is 10.6 Å². The van der Waals surface area contributed by atoms with Crippen molar-refractivity contribution in [3.05, 3.63) is 47.3 Å². The number of amides is 1. The van der Waals surface area contributed by atoms with E-state index in [1.807, 2.05) is 43.1 Å². The molecule has 0 bridgehead atoms. The number of benzene rings is 1. The number of nitrogens with two attached hydrogens (primary N) is 1. The Labute approximate surface area is 143 Å². The monoisotopic (exact) mass is 326 g/mol. The number of nitrogens with zero attached hydrogens (tertiary/aromatic N) is 3. The molecule has 1 fully saturated rings. The average Bonchev–Trinajstić information content (AvgIpc) is 3.00. The van der Waals surface area contributed by atoms with Crippen LogP contribution in [0.2, 0.25) is 0 Å². The minimum Gasteiger partial charge on any atom is -0.334 e. The summed E-state index contributed by atoms with van der Waals surface area (Å²) in [6, 6.07) is 6.06. The number of likely N-dealkylation sites (tertiary alicyclic amines) is 1. The number of aromatic nitrogens is 2. The van der Waals surface area contributed by atoms with Gasteiger partial charge in [-0.1, -0.05) is 18.6 Å². The Balaban J connectivity index is 2.01. The molecule has 0 radical (unpaired) electrons. The molecule has 5 nitrogen and oxygen atoms in total. The molecule has 0 spiro atoms. The van der Waals surface area contributed by atoms with E-state index < -0.39 is 0 Å². The Morgan fingerprint density at radius 2 is 2.12 bits per heavy atom. The van der Waals surface area contributed by atoms with Crippen LogP contribution in [0.15, 0.2) is 30.6 Å². The molecule has 1 unspecified atom stereocenters. The van der Waals surface area contributed by atoms with Gasteiger partial charge in [0.05, 0.1) is 17.4 Å². The van der Waals surface area contributed by atoms with E-state index in [0.717, 1.165) is 36.2 Å². The highest BCUT2D eigenvalue weighted by molar-refractivity contribution is 5.98. The summed E-state index contributed by atoms with van der Waals surface area (Å²) in [5.74, 6) is 0.497. The summed E-state index contributed by atoms with van der Waals surface area (Å²) in [5.41, 5.74) is 9.64. The zero-order chi connectivity index (χ0) is 17.3. The molecule has 1 aromatic heterocycles. The van der Waals surface area contributed by atoms with Crippen LogP contribution in [0.3, 0.4) is 0 Å². The lowest BCUT2D eigenvalue weighted by atomic mass is 9.90. The van der Waals surface area contributed by atoms with Crippen molar-refractivity contribution in [2.24, 2.45) is 11.7 Å². The van der Waals surface area contributed by atoms with Gasteiger partial charge in [-0.2, -0.15) is 5.10 Å². The molecule has 128 valence electrons. The van der Waals surface area contributed by atoms with Crippen molar-refractivity contribution in [2.45, 2.75) is 39.7 Å². The quantitative estimate of drug-likeness (QED) is 0.943. The third-order valence-corrected chi connectivity index (χ3v) is 4.96. The van der Waals surface area contributed by atoms with Gasteiger partial charge in [0.25, 0.3) is 5.91 Å². The Morgan fingerprint density at radius 1 is 1.33 bits per heavy atom. The van der Waals surface area contributed by atoms with Gasteiger partial charge >= 0.3 is 0 Å². The second kappa shape index (κ2) is 6.77. The van der Waals surface area contributed by atoms with Crippen LogP contribution < -0.4 is 5.73 Å². The van der Waals surface area contributed by atoms with Gasteiger partial charge in [0.2, 0.25) is 0 Å². The highest BCUT2D eigenvalue weighted by Crippen LogP contribution is 2.26. The number of carbonyl (C=O) groups is 1. The van der Waals surface area contributed by atoms with E-state index in [9.17, 15) is 4.79 Å². The van der Waals surface area contributed by atoms with Crippen molar-refractivity contribution in [1.82, 2.24) is 14.7 Å². The fraction of sp³-hybridized carbons (Fsp3) is 0.474. The maximum atomic E-state index is 13.3. The first-order valence-electron chi connectivity index (χ1n) is 8.64. The van der Waals surface area contributed by atoms with E-state index in [2.05, 4.69) is 12.0 Å². The van der Waals surface area contributed by atoms with Crippen LogP contribution in [0, 0.1) is 19.8 Å². The van der Waals surface area contributed by atoms with Crippen LogP contribution in [0.25, 0.3) is 5.69 Å². The van der Waals surface area contributed by atoms with E-state index in [4.69, 9.17) is 5.73 Å². The molecule has 2 aromatic rings. The predicted octanol–water partition coefficient (Wildman–Crippen LogP) is 2.69. The SMILES string of the molecule is Cc1ccc(-n2cc(C)cn2)c(C(=O)N2CCC[C@@H](C)C2CN)c1. The van der Waals surface area contributed by atoms with Gasteiger partial charge in [0.15, 0.2) is 0 Å². The van der Waals surface area contributed by atoms with E-state index in [1.54, 1.807) is 10.9 Å². The normalized spacial score (nSPS) is 21.1. The summed E-state index contributed by atoms with van der Waals surface area (Å²) in [4.78, 5) is 15.3. The third kappa shape index (κ3) is 3.08. The summed E-state index contributed by atoms with van der Waals surface area (Å²) in [5, 5.41) is 4.38. The van der Waals surface area contributed by atoms with E-state index in [-0.39, 0.29) is 11.9 Å². The topological polar surface area (TPSA) is 64.2 Å². The molecule has 0 aliphatic carbocycles. The van der Waals surface area contributed by atoms with E-state index in [0.29, 0.717) is 18.0 Å². The van der Waals surface area contributed by atoms with Gasteiger partial charge in [-0.05, 0) is 50.3 Å². The Hall–Kier alpha value is -2.14. The molecule has 2 heterocycles. The number of rotatable bonds is 3. The predicted molar refractivity (Wildman–Crippen MR) is 95.3 cm³/mol. The largest absolute Gasteiger partial charge is 0.334 e. The molecule has 1 aliphatic rings. The number of carbonyl (C=O) groups excluding carboxylic acids is 1. The molecule has 0 saturated carbocycles. The molecule has 1 aromatic carbocycles. The Bertz CT molecular complexity index is 737. The fourth-order valence-corrected chi connectivity index (χ4v) is 3.58. The summed E-state index contributed by atoms with van der Waals surface area (Å²) in [6.45, 7) is 7.47. The number of hydrogen-bond acceptors (Lipinski definition) is 3. The van der Waals surface area contributed by atoms with Crippen LogP contribution in [-0.4, -0.2) is 39.7 Å². The first-order chi connectivity index (χ1) is 11.5. The van der Waals surface area contributed by atoms with Crippen molar-refractivity contribution in [3.63, 3.8) is 0 Å². The number of hydrogen-bond donors (Lipinski definition) is 1. The zero-order valence-corrected chi connectivity index (χ0v) is 14.7. The summed E-state index contributed by atoms with van der Waals surface area (Å²) < 4.78 is 1.78. The highest BCUT2D eigenvalue weighted by Gasteiger charge is 2.32. The van der Waals surface area contributed by atoms with Gasteiger partial charge in [-0.15, -0.1) is 0 Å². The van der Waals surface area contributed by atoms with Gasteiger partial charge in [-0.25, -0.2) is 4.68 Å². The maximum absolute atomic E-state index is 13.3. The Kier molecular flexibility index (Phi) is 4.71. The van der Waals surface area contributed by atoms with Gasteiger partial charge in [0, 0.05) is 25.3 Å². The van der Waals surface area contributed by atoms with Crippen LogP contribution in [0.5, 0.6) is 0 Å². The van der Waals surface area contributed by atoms with Crippen LogP contribution in [0.1, 0.15) is 41.3 Å². The van der Waals surface area contributed by atoms with Crippen molar-refractivity contribution < 1.29 is 4.79 Å². The van der Waals surface area contributed by atoms with Crippen LogP contribution >= 0.6 is 0 Å². The molecule has 1 aliphatic heterocycles. The highest BCUT2D eigenvalue weighted by atomic mass is 16.2. The molecule has 24 heavy (non-hydrogen) atoms. The summed E-state index contributed by atoms with van der Waals surface area (Å²) in [6.07, 6.45) is 5.91. The molecule has 2 N–H and O–H groups in total. The van der Waals surface area contributed by atoms with Crippen LogP contribution in [-0.2, 0) is 0 Å². The summed E-state index contributed by atoms with van der Waals surface area (Å²) >= 11 is 0. The second-order valence-corrected chi connectivity index (χ2v) is 6.90. The average molecular weight is 326 g/mol. The number of piperidine rings is 1. The minimum absolute atomic E-state index is 0.0591. The first-order valence-corrected chi connectivity index (χ1v) is 8.64. The molecule has 2 atom stereocenters. The van der Waals surface area contributed by atoms with Crippen molar-refractivity contribution in [1.29, 1.82) is 0 Å². The minimum atomic E-state index is 0.0591. The second-order valence-electron chi connectivity index (χ2n) is 6.90. The van der Waals surface area contributed by atoms with Crippen LogP contribution in [0.4, 0.5) is 0 Å². The molecule has 1 saturated heterocycles. The van der Waals surface area contributed by atoms with Crippen molar-refractivity contribution in [2.75, 3.05) is 13.1 Å². The summed E-state index contributed by atoms with van der Waals surface area (Å²) in [7, 11) is 0. The Morgan fingerprint density at radius 3 is 2.79 bits per heavy atom. The lowest BCUT2D eigenvalue weighted by molar-refractivity contribution is 0.0532. The molecule has 1 amide bonds.